The summed E-state index contributed by atoms with van der Waals surface area (Å²) in [4.78, 5) is 24.2. The topological polar surface area (TPSA) is 88.9 Å². The molecule has 8 heteroatoms. The van der Waals surface area contributed by atoms with Crippen LogP contribution in [0.1, 0.15) is 15.9 Å². The van der Waals surface area contributed by atoms with E-state index >= 15 is 0 Å². The zero-order valence-corrected chi connectivity index (χ0v) is 15.8. The molecule has 0 saturated carbocycles. The van der Waals surface area contributed by atoms with E-state index in [1.165, 1.54) is 11.8 Å². The number of hydrogen-bond acceptors (Lipinski definition) is 5. The summed E-state index contributed by atoms with van der Waals surface area (Å²) in [6.45, 7) is 2.02. The number of thioether (sulfide) groups is 1. The Kier molecular flexibility index (Phi) is 5.87. The Morgan fingerprint density at radius 2 is 1.85 bits per heavy atom. The Balaban J connectivity index is 1.67. The highest BCUT2D eigenvalue weighted by molar-refractivity contribution is 7.99. The number of nitrogens with zero attached hydrogens (tertiary/aromatic N) is 3. The van der Waals surface area contributed by atoms with Gasteiger partial charge in [0.05, 0.1) is 17.0 Å². The van der Waals surface area contributed by atoms with Gasteiger partial charge < -0.3 is 10.6 Å². The van der Waals surface area contributed by atoms with Gasteiger partial charge in [0.15, 0.2) is 5.16 Å². The Morgan fingerprint density at radius 1 is 1.11 bits per heavy atom. The highest BCUT2D eigenvalue weighted by atomic mass is 32.2. The molecule has 3 aromatic rings. The van der Waals surface area contributed by atoms with Crippen LogP contribution in [0.25, 0.3) is 5.69 Å². The Bertz CT molecular complexity index is 953. The van der Waals surface area contributed by atoms with Gasteiger partial charge in [-0.1, -0.05) is 41.6 Å². The quantitative estimate of drug-likeness (QED) is 0.641. The number of benzene rings is 2. The zero-order valence-electron chi connectivity index (χ0n) is 15.0. The number of carbonyl (C=O) groups excluding carboxylic acids is 2. The number of aryl methyl sites for hydroxylation is 1. The van der Waals surface area contributed by atoms with Crippen LogP contribution in [-0.2, 0) is 4.79 Å². The molecule has 0 fully saturated rings. The van der Waals surface area contributed by atoms with Gasteiger partial charge in [-0.25, -0.2) is 0 Å². The lowest BCUT2D eigenvalue weighted by molar-refractivity contribution is -0.113. The van der Waals surface area contributed by atoms with Gasteiger partial charge in [0.2, 0.25) is 5.91 Å². The normalized spacial score (nSPS) is 10.4. The summed E-state index contributed by atoms with van der Waals surface area (Å²) in [5, 5.41) is 14.0. The van der Waals surface area contributed by atoms with Crippen LogP contribution in [0.4, 0.5) is 5.69 Å². The predicted molar refractivity (Wildman–Crippen MR) is 105 cm³/mol. The van der Waals surface area contributed by atoms with Crippen LogP contribution in [0.3, 0.4) is 0 Å². The van der Waals surface area contributed by atoms with Crippen LogP contribution < -0.4 is 10.6 Å². The van der Waals surface area contributed by atoms with Gasteiger partial charge in [0, 0.05) is 12.7 Å². The predicted octanol–water partition coefficient (Wildman–Crippen LogP) is 2.67. The van der Waals surface area contributed by atoms with E-state index in [0.29, 0.717) is 16.4 Å². The first kappa shape index (κ1) is 18.7. The molecule has 2 aromatic carbocycles. The smallest absolute Gasteiger partial charge is 0.253 e. The summed E-state index contributed by atoms with van der Waals surface area (Å²) in [6, 6.07) is 14.8. The lowest BCUT2D eigenvalue weighted by Crippen LogP contribution is -2.22. The summed E-state index contributed by atoms with van der Waals surface area (Å²) >= 11 is 1.28. The molecule has 138 valence electrons. The molecule has 1 aromatic heterocycles. The van der Waals surface area contributed by atoms with E-state index in [1.807, 2.05) is 35.8 Å². The van der Waals surface area contributed by atoms with Gasteiger partial charge in [-0.3, -0.25) is 14.2 Å². The van der Waals surface area contributed by atoms with Crippen molar-refractivity contribution in [3.63, 3.8) is 0 Å². The van der Waals surface area contributed by atoms with Crippen molar-refractivity contribution in [2.75, 3.05) is 18.1 Å². The fourth-order valence-electron chi connectivity index (χ4n) is 2.45. The lowest BCUT2D eigenvalue weighted by Gasteiger charge is -2.10. The summed E-state index contributed by atoms with van der Waals surface area (Å²) in [5.74, 6) is -0.334. The van der Waals surface area contributed by atoms with E-state index in [-0.39, 0.29) is 17.6 Å². The molecule has 0 aliphatic carbocycles. The van der Waals surface area contributed by atoms with E-state index < -0.39 is 0 Å². The van der Waals surface area contributed by atoms with Crippen LogP contribution in [0, 0.1) is 6.92 Å². The minimum Gasteiger partial charge on any atom is -0.355 e. The molecule has 0 spiro atoms. The van der Waals surface area contributed by atoms with Gasteiger partial charge in [0.25, 0.3) is 5.91 Å². The largest absolute Gasteiger partial charge is 0.355 e. The number of amides is 2. The van der Waals surface area contributed by atoms with Crippen molar-refractivity contribution < 1.29 is 9.59 Å². The van der Waals surface area contributed by atoms with Crippen molar-refractivity contribution in [3.8, 4) is 5.69 Å². The number of carbonyl (C=O) groups is 2. The molecule has 0 unspecified atom stereocenters. The summed E-state index contributed by atoms with van der Waals surface area (Å²) < 4.78 is 1.83. The number of anilines is 1. The molecule has 7 nitrogen and oxygen atoms in total. The Labute approximate surface area is 161 Å². The minimum absolute atomic E-state index is 0.145. The molecular formula is C19H19N5O2S. The second-order valence-electron chi connectivity index (χ2n) is 5.78. The molecule has 0 aliphatic rings. The molecule has 0 atom stereocenters. The molecule has 0 bridgehead atoms. The molecule has 2 amide bonds. The van der Waals surface area contributed by atoms with Gasteiger partial charge in [-0.15, -0.1) is 10.2 Å². The summed E-state index contributed by atoms with van der Waals surface area (Å²) in [7, 11) is 1.55. The average Bonchev–Trinajstić information content (AvgIpc) is 3.15. The SMILES string of the molecule is CNC(=O)c1ccccc1NC(=O)CSc1nncn1-c1ccc(C)cc1. The highest BCUT2D eigenvalue weighted by Gasteiger charge is 2.14. The Hall–Kier alpha value is -3.13. The molecule has 0 saturated heterocycles. The number of hydrogen-bond donors (Lipinski definition) is 2. The molecular weight excluding hydrogens is 362 g/mol. The summed E-state index contributed by atoms with van der Waals surface area (Å²) in [6.07, 6.45) is 1.62. The third-order valence-electron chi connectivity index (χ3n) is 3.83. The number of rotatable bonds is 6. The maximum atomic E-state index is 12.3. The van der Waals surface area contributed by atoms with Crippen LogP contribution in [0.5, 0.6) is 0 Å². The third-order valence-corrected chi connectivity index (χ3v) is 4.78. The number of aromatic nitrogens is 3. The van der Waals surface area contributed by atoms with E-state index in [0.717, 1.165) is 11.3 Å². The minimum atomic E-state index is -0.252. The first-order valence-corrected chi connectivity index (χ1v) is 9.28. The summed E-state index contributed by atoms with van der Waals surface area (Å²) in [5.41, 5.74) is 2.98. The second-order valence-corrected chi connectivity index (χ2v) is 6.72. The van der Waals surface area contributed by atoms with Crippen molar-refractivity contribution in [3.05, 3.63) is 66.0 Å². The molecule has 2 N–H and O–H groups in total. The molecule has 1 heterocycles. The molecule has 27 heavy (non-hydrogen) atoms. The average molecular weight is 381 g/mol. The maximum absolute atomic E-state index is 12.3. The van der Waals surface area contributed by atoms with E-state index in [2.05, 4.69) is 20.8 Å². The van der Waals surface area contributed by atoms with Crippen LogP contribution in [0.2, 0.25) is 0 Å². The fourth-order valence-corrected chi connectivity index (χ4v) is 3.18. The van der Waals surface area contributed by atoms with Crippen LogP contribution in [0.15, 0.2) is 60.0 Å². The van der Waals surface area contributed by atoms with Crippen molar-refractivity contribution in [1.29, 1.82) is 0 Å². The number of para-hydroxylation sites is 1. The number of nitrogens with one attached hydrogen (secondary N) is 2. The van der Waals surface area contributed by atoms with Crippen molar-refractivity contribution in [2.24, 2.45) is 0 Å². The Morgan fingerprint density at radius 3 is 2.59 bits per heavy atom. The van der Waals surface area contributed by atoms with Crippen LogP contribution >= 0.6 is 11.8 Å². The van der Waals surface area contributed by atoms with Gasteiger partial charge >= 0.3 is 0 Å². The van der Waals surface area contributed by atoms with Gasteiger partial charge in [-0.05, 0) is 31.2 Å². The van der Waals surface area contributed by atoms with Crippen LogP contribution in [-0.4, -0.2) is 39.4 Å². The maximum Gasteiger partial charge on any atom is 0.253 e. The van der Waals surface area contributed by atoms with Gasteiger partial charge in [0.1, 0.15) is 6.33 Å². The molecule has 0 radical (unpaired) electrons. The zero-order chi connectivity index (χ0) is 19.2. The van der Waals surface area contributed by atoms with Crippen molar-refractivity contribution in [1.82, 2.24) is 20.1 Å². The van der Waals surface area contributed by atoms with E-state index in [1.54, 1.807) is 37.6 Å². The van der Waals surface area contributed by atoms with E-state index in [9.17, 15) is 9.59 Å². The third kappa shape index (κ3) is 4.53. The fraction of sp³-hybridized carbons (Fsp3) is 0.158. The highest BCUT2D eigenvalue weighted by Crippen LogP contribution is 2.21. The van der Waals surface area contributed by atoms with E-state index in [4.69, 9.17) is 0 Å². The lowest BCUT2D eigenvalue weighted by atomic mass is 10.1. The first-order valence-electron chi connectivity index (χ1n) is 8.29. The second kappa shape index (κ2) is 8.50. The molecule has 0 aliphatic heterocycles. The molecule has 3 rings (SSSR count). The van der Waals surface area contributed by atoms with Crippen molar-refractivity contribution >= 4 is 29.3 Å². The van der Waals surface area contributed by atoms with Gasteiger partial charge in [-0.2, -0.15) is 0 Å². The standard InChI is InChI=1S/C19H19N5O2S/c1-13-7-9-14(10-8-13)24-12-21-23-19(24)27-11-17(25)22-16-6-4-3-5-15(16)18(26)20-2/h3-10,12H,11H2,1-2H3,(H,20,26)(H,22,25). The first-order chi connectivity index (χ1) is 13.1. The van der Waals surface area contributed by atoms with Crippen molar-refractivity contribution in [2.45, 2.75) is 12.1 Å². The monoisotopic (exact) mass is 381 g/mol.